The molecule has 0 aliphatic carbocycles. The first kappa shape index (κ1) is 18.3. The van der Waals surface area contributed by atoms with Crippen LogP contribution in [0.4, 0.5) is 5.69 Å². The van der Waals surface area contributed by atoms with Crippen LogP contribution in [0.3, 0.4) is 0 Å². The van der Waals surface area contributed by atoms with Crippen molar-refractivity contribution in [2.45, 2.75) is 12.8 Å². The highest BCUT2D eigenvalue weighted by atomic mass is 32.1. The molecule has 0 saturated heterocycles. The van der Waals surface area contributed by atoms with E-state index in [1.165, 1.54) is 22.1 Å². The predicted octanol–water partition coefficient (Wildman–Crippen LogP) is 5.59. The van der Waals surface area contributed by atoms with Gasteiger partial charge < -0.3 is 15.6 Å². The number of aryl methyl sites for hydroxylation is 1. The Hall–Kier alpha value is -3.11. The summed E-state index contributed by atoms with van der Waals surface area (Å²) < 4.78 is 0. The van der Waals surface area contributed by atoms with Crippen LogP contribution in [-0.4, -0.2) is 16.6 Å². The quantitative estimate of drug-likeness (QED) is 0.392. The monoisotopic (exact) mass is 385 g/mol. The molecule has 1 atom stereocenters. The summed E-state index contributed by atoms with van der Waals surface area (Å²) in [6, 6.07) is 27.2. The van der Waals surface area contributed by atoms with Gasteiger partial charge in [0.2, 0.25) is 0 Å². The number of H-pyrrole nitrogens is 1. The van der Waals surface area contributed by atoms with Crippen molar-refractivity contribution in [3.8, 4) is 0 Å². The van der Waals surface area contributed by atoms with Gasteiger partial charge in [0.1, 0.15) is 0 Å². The van der Waals surface area contributed by atoms with Crippen LogP contribution < -0.4 is 10.6 Å². The first-order chi connectivity index (χ1) is 13.7. The molecule has 3 aromatic carbocycles. The first-order valence-electron chi connectivity index (χ1n) is 9.43. The van der Waals surface area contributed by atoms with E-state index in [1.807, 2.05) is 18.2 Å². The number of aromatic amines is 1. The van der Waals surface area contributed by atoms with Gasteiger partial charge in [-0.2, -0.15) is 0 Å². The maximum absolute atomic E-state index is 5.54. The van der Waals surface area contributed by atoms with Crippen LogP contribution in [0.2, 0.25) is 0 Å². The second-order valence-electron chi connectivity index (χ2n) is 6.96. The molecular weight excluding hydrogens is 362 g/mol. The van der Waals surface area contributed by atoms with Crippen molar-refractivity contribution in [3.05, 3.63) is 102 Å². The second-order valence-corrected chi connectivity index (χ2v) is 7.37. The SMILES string of the molecule is Cc1cccc(NC(=S)NC[C@@H](c2ccccc2)c2c[nH]c3ccccc23)c1. The molecule has 28 heavy (non-hydrogen) atoms. The highest BCUT2D eigenvalue weighted by molar-refractivity contribution is 7.80. The molecule has 0 bridgehead atoms. The van der Waals surface area contributed by atoms with E-state index in [2.05, 4.69) is 89.4 Å². The molecule has 0 radical (unpaired) electrons. The van der Waals surface area contributed by atoms with Crippen LogP contribution in [0.25, 0.3) is 10.9 Å². The zero-order valence-electron chi connectivity index (χ0n) is 15.8. The Morgan fingerprint density at radius 1 is 0.964 bits per heavy atom. The summed E-state index contributed by atoms with van der Waals surface area (Å²) in [4.78, 5) is 3.40. The van der Waals surface area contributed by atoms with Gasteiger partial charge in [0, 0.05) is 35.2 Å². The minimum absolute atomic E-state index is 0.189. The van der Waals surface area contributed by atoms with Crippen molar-refractivity contribution in [3.63, 3.8) is 0 Å². The zero-order chi connectivity index (χ0) is 19.3. The largest absolute Gasteiger partial charge is 0.361 e. The van der Waals surface area contributed by atoms with Gasteiger partial charge in [0.15, 0.2) is 5.11 Å². The lowest BCUT2D eigenvalue weighted by Gasteiger charge is -2.20. The number of hydrogen-bond donors (Lipinski definition) is 3. The molecule has 4 aromatic rings. The van der Waals surface area contributed by atoms with Crippen LogP contribution in [0.15, 0.2) is 85.1 Å². The Morgan fingerprint density at radius 3 is 2.57 bits per heavy atom. The number of fused-ring (bicyclic) bond motifs is 1. The standard InChI is InChI=1S/C24H23N3S/c1-17-8-7-11-19(14-17)27-24(28)26-15-21(18-9-3-2-4-10-18)22-16-25-23-13-6-5-12-20(22)23/h2-14,16,21,25H,15H2,1H3,(H2,26,27,28)/t21-/m0/s1. The van der Waals surface area contributed by atoms with Crippen LogP contribution in [0, 0.1) is 6.92 Å². The van der Waals surface area contributed by atoms with Crippen molar-refractivity contribution in [1.82, 2.24) is 10.3 Å². The van der Waals surface area contributed by atoms with E-state index < -0.39 is 0 Å². The highest BCUT2D eigenvalue weighted by Crippen LogP contribution is 2.30. The minimum atomic E-state index is 0.189. The lowest BCUT2D eigenvalue weighted by molar-refractivity contribution is 0.766. The Balaban J connectivity index is 1.56. The Kier molecular flexibility index (Phi) is 5.40. The van der Waals surface area contributed by atoms with Crippen molar-refractivity contribution in [1.29, 1.82) is 0 Å². The van der Waals surface area contributed by atoms with E-state index in [-0.39, 0.29) is 5.92 Å². The summed E-state index contributed by atoms with van der Waals surface area (Å²) in [5.74, 6) is 0.189. The summed E-state index contributed by atoms with van der Waals surface area (Å²) in [7, 11) is 0. The minimum Gasteiger partial charge on any atom is -0.361 e. The van der Waals surface area contributed by atoms with Crippen molar-refractivity contribution in [2.24, 2.45) is 0 Å². The summed E-state index contributed by atoms with van der Waals surface area (Å²) in [6.07, 6.45) is 2.11. The van der Waals surface area contributed by atoms with Gasteiger partial charge in [0.05, 0.1) is 0 Å². The lowest BCUT2D eigenvalue weighted by Crippen LogP contribution is -2.32. The van der Waals surface area contributed by atoms with Gasteiger partial charge in [-0.1, -0.05) is 60.7 Å². The molecule has 0 aliphatic rings. The molecule has 0 spiro atoms. The van der Waals surface area contributed by atoms with Gasteiger partial charge in [-0.25, -0.2) is 0 Å². The van der Waals surface area contributed by atoms with Crippen LogP contribution >= 0.6 is 12.2 Å². The van der Waals surface area contributed by atoms with Gasteiger partial charge >= 0.3 is 0 Å². The number of thiocarbonyl (C=S) groups is 1. The molecule has 3 nitrogen and oxygen atoms in total. The average molecular weight is 386 g/mol. The van der Waals surface area contributed by atoms with Gasteiger partial charge in [-0.3, -0.25) is 0 Å². The van der Waals surface area contributed by atoms with E-state index in [0.29, 0.717) is 11.7 Å². The summed E-state index contributed by atoms with van der Waals surface area (Å²) >= 11 is 5.54. The van der Waals surface area contributed by atoms with Crippen LogP contribution in [-0.2, 0) is 0 Å². The number of para-hydroxylation sites is 1. The number of benzene rings is 3. The predicted molar refractivity (Wildman–Crippen MR) is 122 cm³/mol. The Bertz CT molecular complexity index is 1090. The Morgan fingerprint density at radius 2 is 1.75 bits per heavy atom. The fraction of sp³-hybridized carbons (Fsp3) is 0.125. The molecule has 4 rings (SSSR count). The van der Waals surface area contributed by atoms with Gasteiger partial charge in [-0.15, -0.1) is 0 Å². The van der Waals surface area contributed by atoms with E-state index in [4.69, 9.17) is 12.2 Å². The summed E-state index contributed by atoms with van der Waals surface area (Å²) in [5, 5.41) is 8.57. The third kappa shape index (κ3) is 4.07. The van der Waals surface area contributed by atoms with Gasteiger partial charge in [-0.05, 0) is 54.0 Å². The summed E-state index contributed by atoms with van der Waals surface area (Å²) in [6.45, 7) is 2.79. The number of anilines is 1. The fourth-order valence-electron chi connectivity index (χ4n) is 3.57. The number of nitrogens with one attached hydrogen (secondary N) is 3. The molecule has 140 valence electrons. The van der Waals surface area contributed by atoms with Crippen LogP contribution in [0.5, 0.6) is 0 Å². The number of aromatic nitrogens is 1. The number of rotatable bonds is 5. The van der Waals surface area contributed by atoms with E-state index >= 15 is 0 Å². The van der Waals surface area contributed by atoms with Crippen LogP contribution in [0.1, 0.15) is 22.6 Å². The number of hydrogen-bond acceptors (Lipinski definition) is 1. The van der Waals surface area contributed by atoms with E-state index in [9.17, 15) is 0 Å². The summed E-state index contributed by atoms with van der Waals surface area (Å²) in [5.41, 5.74) is 5.89. The zero-order valence-corrected chi connectivity index (χ0v) is 16.6. The van der Waals surface area contributed by atoms with Crippen molar-refractivity contribution >= 4 is 33.9 Å². The first-order valence-corrected chi connectivity index (χ1v) is 9.84. The molecule has 1 heterocycles. The molecule has 4 heteroatoms. The maximum Gasteiger partial charge on any atom is 0.170 e. The van der Waals surface area contributed by atoms with Crippen molar-refractivity contribution in [2.75, 3.05) is 11.9 Å². The van der Waals surface area contributed by atoms with Crippen molar-refractivity contribution < 1.29 is 0 Å². The van der Waals surface area contributed by atoms with E-state index in [1.54, 1.807) is 0 Å². The molecule has 0 fully saturated rings. The normalized spacial score (nSPS) is 11.9. The topological polar surface area (TPSA) is 39.8 Å². The lowest BCUT2D eigenvalue weighted by atomic mass is 9.91. The molecule has 3 N–H and O–H groups in total. The Labute approximate surface area is 170 Å². The molecular formula is C24H23N3S. The third-order valence-corrected chi connectivity index (χ3v) is 5.19. The molecule has 0 aliphatic heterocycles. The average Bonchev–Trinajstić information content (AvgIpc) is 3.13. The third-order valence-electron chi connectivity index (χ3n) is 4.94. The molecule has 0 unspecified atom stereocenters. The molecule has 0 amide bonds. The fourth-order valence-corrected chi connectivity index (χ4v) is 3.77. The van der Waals surface area contributed by atoms with Gasteiger partial charge in [0.25, 0.3) is 0 Å². The molecule has 0 saturated carbocycles. The maximum atomic E-state index is 5.54. The molecule has 1 aromatic heterocycles. The van der Waals surface area contributed by atoms with E-state index in [0.717, 1.165) is 11.2 Å². The second kappa shape index (κ2) is 8.28. The smallest absolute Gasteiger partial charge is 0.170 e. The highest BCUT2D eigenvalue weighted by Gasteiger charge is 2.18.